The Morgan fingerprint density at radius 2 is 1.85 bits per heavy atom. The highest BCUT2D eigenvalue weighted by Gasteiger charge is 2.65. The number of aliphatic hydroxyl groups excluding tert-OH is 2. The lowest BCUT2D eigenvalue weighted by molar-refractivity contribution is -0.148. The summed E-state index contributed by atoms with van der Waals surface area (Å²) in [5.41, 5.74) is 0.804. The summed E-state index contributed by atoms with van der Waals surface area (Å²) in [6.07, 6.45) is 9.43. The molecule has 0 radical (unpaired) electrons. The highest BCUT2D eigenvalue weighted by molar-refractivity contribution is 5.88. The average molecular weight is 475 g/mol. The number of aliphatic hydroxyl groups is 2. The van der Waals surface area contributed by atoms with Crippen LogP contribution in [0.3, 0.4) is 0 Å². The summed E-state index contributed by atoms with van der Waals surface area (Å²) >= 11 is 0. The molecule has 6 heteroatoms. The highest BCUT2D eigenvalue weighted by Crippen LogP contribution is 2.67. The zero-order valence-electron chi connectivity index (χ0n) is 21.5. The Kier molecular flexibility index (Phi) is 6.54. The van der Waals surface area contributed by atoms with E-state index in [-0.39, 0.29) is 29.0 Å². The maximum Gasteiger partial charge on any atom is 0.222 e. The van der Waals surface area contributed by atoms with Crippen molar-refractivity contribution in [2.45, 2.75) is 104 Å². The molecule has 0 spiro atoms. The largest absolute Gasteiger partial charge is 0.411 e. The van der Waals surface area contributed by atoms with Gasteiger partial charge in [-0.2, -0.15) is 0 Å². The fourth-order valence-electron chi connectivity index (χ4n) is 9.65. The molecule has 5 rings (SSSR count). The molecule has 5 aliphatic rings. The first-order valence-corrected chi connectivity index (χ1v) is 14.0. The molecule has 192 valence electrons. The molecule has 0 aromatic carbocycles. The average Bonchev–Trinajstić information content (AvgIpc) is 3.47. The Hall–Kier alpha value is -1.14. The van der Waals surface area contributed by atoms with Crippen LogP contribution in [-0.2, 0) is 4.79 Å². The van der Waals surface area contributed by atoms with E-state index in [2.05, 4.69) is 25.9 Å². The van der Waals surface area contributed by atoms with Crippen LogP contribution in [0.25, 0.3) is 0 Å². The lowest BCUT2D eigenvalue weighted by Crippen LogP contribution is -2.61. The van der Waals surface area contributed by atoms with E-state index in [9.17, 15) is 20.2 Å². The van der Waals surface area contributed by atoms with Gasteiger partial charge in [-0.15, -0.1) is 0 Å². The Morgan fingerprint density at radius 3 is 2.56 bits per heavy atom. The van der Waals surface area contributed by atoms with Crippen molar-refractivity contribution < 1.29 is 20.2 Å². The molecule has 34 heavy (non-hydrogen) atoms. The third kappa shape index (κ3) is 3.73. The summed E-state index contributed by atoms with van der Waals surface area (Å²) in [5.74, 6) is 2.25. The van der Waals surface area contributed by atoms with Crippen LogP contribution in [0.4, 0.5) is 0 Å². The summed E-state index contributed by atoms with van der Waals surface area (Å²) in [4.78, 5) is 14.7. The Bertz CT molecular complexity index is 810. The van der Waals surface area contributed by atoms with E-state index in [4.69, 9.17) is 0 Å². The molecule has 4 aliphatic carbocycles. The number of likely N-dealkylation sites (tertiary alicyclic amines) is 1. The quantitative estimate of drug-likeness (QED) is 0.414. The van der Waals surface area contributed by atoms with Gasteiger partial charge < -0.3 is 20.3 Å². The Labute approximate surface area is 205 Å². The number of amides is 1. The molecule has 6 nitrogen and oxygen atoms in total. The molecule has 4 saturated carbocycles. The van der Waals surface area contributed by atoms with Gasteiger partial charge in [0, 0.05) is 30.8 Å². The van der Waals surface area contributed by atoms with Gasteiger partial charge in [-0.1, -0.05) is 25.9 Å². The van der Waals surface area contributed by atoms with Crippen LogP contribution in [0.5, 0.6) is 0 Å². The predicted molar refractivity (Wildman–Crippen MR) is 131 cm³/mol. The summed E-state index contributed by atoms with van der Waals surface area (Å²) < 4.78 is 0. The fraction of sp³-hybridized carbons (Fsp3) is 0.929. The van der Waals surface area contributed by atoms with Crippen molar-refractivity contribution >= 4 is 11.6 Å². The fourth-order valence-corrected chi connectivity index (χ4v) is 9.65. The van der Waals surface area contributed by atoms with Crippen molar-refractivity contribution in [1.82, 2.24) is 4.90 Å². The third-order valence-electron chi connectivity index (χ3n) is 11.7. The molecule has 0 aromatic rings. The molecule has 1 saturated heterocycles. The maximum atomic E-state index is 12.7. The second kappa shape index (κ2) is 9.06. The van der Waals surface area contributed by atoms with Crippen LogP contribution in [0.15, 0.2) is 5.16 Å². The van der Waals surface area contributed by atoms with Gasteiger partial charge in [-0.3, -0.25) is 4.79 Å². The summed E-state index contributed by atoms with van der Waals surface area (Å²) in [6.45, 7) is 8.79. The van der Waals surface area contributed by atoms with E-state index < -0.39 is 0 Å². The van der Waals surface area contributed by atoms with Gasteiger partial charge in [0.1, 0.15) is 0 Å². The number of carbonyl (C=O) groups is 1. The van der Waals surface area contributed by atoms with Crippen molar-refractivity contribution in [3.63, 3.8) is 0 Å². The summed E-state index contributed by atoms with van der Waals surface area (Å²) in [6, 6.07) is 0. The molecular formula is C28H46N2O4. The van der Waals surface area contributed by atoms with E-state index >= 15 is 0 Å². The highest BCUT2D eigenvalue weighted by atomic mass is 16.4. The van der Waals surface area contributed by atoms with Crippen LogP contribution in [-0.4, -0.2) is 57.2 Å². The van der Waals surface area contributed by atoms with Crippen LogP contribution >= 0.6 is 0 Å². The van der Waals surface area contributed by atoms with Gasteiger partial charge in [0.15, 0.2) is 0 Å². The minimum absolute atomic E-state index is 0.0895. The van der Waals surface area contributed by atoms with E-state index in [1.165, 1.54) is 0 Å². The summed E-state index contributed by atoms with van der Waals surface area (Å²) in [7, 11) is 0. The first kappa shape index (κ1) is 24.5. The molecule has 1 amide bonds. The number of oxime groups is 1. The summed E-state index contributed by atoms with van der Waals surface area (Å²) in [5, 5.41) is 36.0. The van der Waals surface area contributed by atoms with Crippen molar-refractivity contribution in [2.24, 2.45) is 51.5 Å². The van der Waals surface area contributed by atoms with Crippen molar-refractivity contribution in [1.29, 1.82) is 0 Å². The van der Waals surface area contributed by atoms with Crippen molar-refractivity contribution in [3.8, 4) is 0 Å². The minimum atomic E-state index is -0.370. The molecule has 10 atom stereocenters. The first-order valence-electron chi connectivity index (χ1n) is 14.0. The van der Waals surface area contributed by atoms with Gasteiger partial charge in [0.05, 0.1) is 17.9 Å². The molecule has 1 aliphatic heterocycles. The lowest BCUT2D eigenvalue weighted by Gasteiger charge is -2.62. The van der Waals surface area contributed by atoms with E-state index in [0.29, 0.717) is 41.9 Å². The van der Waals surface area contributed by atoms with Crippen LogP contribution in [0.2, 0.25) is 0 Å². The normalized spacial score (nSPS) is 48.3. The molecule has 1 heterocycles. The van der Waals surface area contributed by atoms with E-state index in [0.717, 1.165) is 83.0 Å². The van der Waals surface area contributed by atoms with Crippen LogP contribution in [0.1, 0.15) is 91.4 Å². The Balaban J connectivity index is 1.35. The second-order valence-electron chi connectivity index (χ2n) is 13.1. The van der Waals surface area contributed by atoms with E-state index in [1.807, 2.05) is 4.90 Å². The number of fused-ring (bicyclic) bond motifs is 5. The number of carbonyl (C=O) groups excluding carboxylic acids is 1. The predicted octanol–water partition coefficient (Wildman–Crippen LogP) is 4.46. The van der Waals surface area contributed by atoms with Gasteiger partial charge >= 0.3 is 0 Å². The molecule has 5 fully saturated rings. The topological polar surface area (TPSA) is 93.4 Å². The van der Waals surface area contributed by atoms with Crippen LogP contribution < -0.4 is 0 Å². The van der Waals surface area contributed by atoms with E-state index in [1.54, 1.807) is 0 Å². The second-order valence-corrected chi connectivity index (χ2v) is 13.1. The minimum Gasteiger partial charge on any atom is -0.411 e. The number of hydrogen-bond donors (Lipinski definition) is 3. The van der Waals surface area contributed by atoms with Crippen LogP contribution in [0, 0.1) is 46.3 Å². The molecule has 3 N–H and O–H groups in total. The molecule has 0 aromatic heterocycles. The smallest absolute Gasteiger partial charge is 0.222 e. The SMILES string of the molecule is C[C@H](CCC(=O)N1CCCC1)[C@H]1CC[C@H]2[C@@H]3/C(=N\O)C[C@@H]4C[C@H](O)CC[C@]4(C)[C@H]3C[C@H](O)[C@]12C. The van der Waals surface area contributed by atoms with Gasteiger partial charge in [0.25, 0.3) is 0 Å². The number of nitrogens with zero attached hydrogens (tertiary/aromatic N) is 2. The monoisotopic (exact) mass is 474 g/mol. The first-order chi connectivity index (χ1) is 16.2. The molecule has 0 unspecified atom stereocenters. The zero-order valence-corrected chi connectivity index (χ0v) is 21.5. The van der Waals surface area contributed by atoms with Gasteiger partial charge in [-0.25, -0.2) is 0 Å². The molecule has 0 bridgehead atoms. The van der Waals surface area contributed by atoms with Crippen molar-refractivity contribution in [3.05, 3.63) is 0 Å². The third-order valence-corrected chi connectivity index (χ3v) is 11.7. The molecular weight excluding hydrogens is 428 g/mol. The van der Waals surface area contributed by atoms with Gasteiger partial charge in [0.2, 0.25) is 5.91 Å². The lowest BCUT2D eigenvalue weighted by atomic mass is 9.43. The Morgan fingerprint density at radius 1 is 1.12 bits per heavy atom. The number of rotatable bonds is 4. The zero-order chi connectivity index (χ0) is 24.3. The van der Waals surface area contributed by atoms with Crippen molar-refractivity contribution in [2.75, 3.05) is 13.1 Å². The number of hydrogen-bond acceptors (Lipinski definition) is 5. The maximum absolute atomic E-state index is 12.7. The van der Waals surface area contributed by atoms with Gasteiger partial charge in [-0.05, 0) is 99.2 Å². The standard InChI is InChI=1S/C28H46N2O4/c1-17(6-9-25(33)30-12-4-5-13-30)20-7-8-21-26-22(16-24(32)28(20,21)3)27(2)11-10-19(31)14-18(27)15-23(26)29-34/h17-22,24,26,31-32,34H,4-16H2,1-3H3/b29-23-/t17-,18+,19-,20-,21+,22+,24+,26+,27+,28-/m1/s1.